The summed E-state index contributed by atoms with van der Waals surface area (Å²) in [6, 6.07) is 0.0613. The number of amides is 7. The molecule has 17 nitrogen and oxygen atoms in total. The lowest BCUT2D eigenvalue weighted by Gasteiger charge is -2.44. The second-order valence-electron chi connectivity index (χ2n) is 17.6. The molecular formula is C45H71N7O10. The molecule has 1 aromatic carbocycles. The van der Waals surface area contributed by atoms with Crippen LogP contribution in [0.15, 0.2) is 30.3 Å². The molecule has 2 heterocycles. The lowest BCUT2D eigenvalue weighted by atomic mass is 9.90. The van der Waals surface area contributed by atoms with E-state index in [2.05, 4.69) is 26.6 Å². The van der Waals surface area contributed by atoms with E-state index < -0.39 is 120 Å². The summed E-state index contributed by atoms with van der Waals surface area (Å²) in [7, 11) is 1.44. The van der Waals surface area contributed by atoms with Gasteiger partial charge in [-0.1, -0.05) is 105 Å². The minimum Gasteiger partial charge on any atom is -0.458 e. The first-order valence-electron chi connectivity index (χ1n) is 22.2. The summed E-state index contributed by atoms with van der Waals surface area (Å²) in [5.74, 6) is -7.69. The monoisotopic (exact) mass is 870 g/mol. The molecular weight excluding hydrogens is 799 g/mol. The Morgan fingerprint density at radius 1 is 0.823 bits per heavy atom. The van der Waals surface area contributed by atoms with Gasteiger partial charge in [0.15, 0.2) is 0 Å². The second-order valence-corrected chi connectivity index (χ2v) is 17.6. The van der Waals surface area contributed by atoms with Crippen molar-refractivity contribution in [3.63, 3.8) is 0 Å². The highest BCUT2D eigenvalue weighted by Gasteiger charge is 2.47. The maximum atomic E-state index is 14.8. The largest absolute Gasteiger partial charge is 0.458 e. The molecule has 0 radical (unpaired) electrons. The van der Waals surface area contributed by atoms with E-state index in [0.717, 1.165) is 4.90 Å². The number of rotatable bonds is 13. The maximum absolute atomic E-state index is 14.8. The van der Waals surface area contributed by atoms with Gasteiger partial charge in [0.05, 0.1) is 0 Å². The second kappa shape index (κ2) is 23.4. The number of aliphatic hydroxyl groups excluding tert-OH is 1. The minimum atomic E-state index is -1.60. The van der Waals surface area contributed by atoms with E-state index in [1.807, 2.05) is 20.8 Å². The topological polar surface area (TPSA) is 233 Å². The summed E-state index contributed by atoms with van der Waals surface area (Å²) in [5, 5.41) is 25.1. The molecule has 0 aromatic heterocycles. The van der Waals surface area contributed by atoms with Crippen LogP contribution in [0.1, 0.15) is 113 Å². The number of carbonyl (C=O) groups is 8. The molecule has 0 aliphatic carbocycles. The van der Waals surface area contributed by atoms with E-state index in [0.29, 0.717) is 24.8 Å². The van der Waals surface area contributed by atoms with E-state index in [4.69, 9.17) is 4.74 Å². The number of cyclic esters (lactones) is 1. The Bertz CT molecular complexity index is 1740. The van der Waals surface area contributed by atoms with Gasteiger partial charge >= 0.3 is 5.97 Å². The van der Waals surface area contributed by atoms with Crippen LogP contribution in [-0.4, -0.2) is 124 Å². The fourth-order valence-electron chi connectivity index (χ4n) is 7.75. The van der Waals surface area contributed by atoms with Gasteiger partial charge in [-0.05, 0) is 55.4 Å². The van der Waals surface area contributed by atoms with E-state index in [1.165, 1.54) is 18.9 Å². The van der Waals surface area contributed by atoms with Gasteiger partial charge in [0.25, 0.3) is 0 Å². The zero-order valence-electron chi connectivity index (χ0n) is 38.4. The minimum absolute atomic E-state index is 0.0157. The first kappa shape index (κ1) is 51.3. The predicted octanol–water partition coefficient (Wildman–Crippen LogP) is 1.94. The van der Waals surface area contributed by atoms with Crippen molar-refractivity contribution in [3.05, 3.63) is 35.9 Å². The SMILES string of the molecule is CCCC(=O)N[C@@H](C(=O)N[C@@H]1C(=O)N[C@@H]([C@H](C)CC)C(=O)N[C@@H]2CC[C@@H](O)N(C2=O)[C@@H]([C@@H](C)CC)C(=O)N(C)[C@@H](Cc2ccccc2)C(=O)N[C@@H](C(C)C)C(=O)O[C@@H]1C)C(C)C. The van der Waals surface area contributed by atoms with E-state index >= 15 is 0 Å². The number of benzene rings is 1. The Hall–Kier alpha value is -5.06. The van der Waals surface area contributed by atoms with Gasteiger partial charge in [-0.25, -0.2) is 4.79 Å². The predicted molar refractivity (Wildman–Crippen MR) is 231 cm³/mol. The van der Waals surface area contributed by atoms with Crippen LogP contribution in [-0.2, 0) is 49.5 Å². The number of likely N-dealkylation sites (N-methyl/N-ethyl adjacent to an activating group) is 1. The Morgan fingerprint density at radius 3 is 2.00 bits per heavy atom. The Morgan fingerprint density at radius 2 is 1.44 bits per heavy atom. The zero-order chi connectivity index (χ0) is 46.6. The molecule has 2 bridgehead atoms. The number of ether oxygens (including phenoxy) is 1. The fraction of sp³-hybridized carbons (Fsp3) is 0.689. The van der Waals surface area contributed by atoms with Crippen molar-refractivity contribution in [2.45, 2.75) is 169 Å². The molecule has 2 aliphatic heterocycles. The van der Waals surface area contributed by atoms with Crippen molar-refractivity contribution in [1.29, 1.82) is 0 Å². The zero-order valence-corrected chi connectivity index (χ0v) is 38.4. The van der Waals surface area contributed by atoms with E-state index in [-0.39, 0.29) is 31.6 Å². The molecule has 62 heavy (non-hydrogen) atoms. The maximum Gasteiger partial charge on any atom is 0.329 e. The normalized spacial score (nSPS) is 27.5. The van der Waals surface area contributed by atoms with Crippen molar-refractivity contribution in [2.24, 2.45) is 23.7 Å². The van der Waals surface area contributed by atoms with Gasteiger partial charge in [0, 0.05) is 19.9 Å². The number of nitrogens with zero attached hydrogens (tertiary/aromatic N) is 2. The summed E-state index contributed by atoms with van der Waals surface area (Å²) >= 11 is 0. The van der Waals surface area contributed by atoms with Gasteiger partial charge in [0.1, 0.15) is 54.6 Å². The van der Waals surface area contributed by atoms with E-state index in [9.17, 15) is 43.5 Å². The highest BCUT2D eigenvalue weighted by atomic mass is 16.5. The van der Waals surface area contributed by atoms with Crippen LogP contribution in [0.2, 0.25) is 0 Å². The number of hydrogen-bond acceptors (Lipinski definition) is 10. The Kier molecular flexibility index (Phi) is 19.4. The van der Waals surface area contributed by atoms with Crippen LogP contribution in [0, 0.1) is 23.7 Å². The molecule has 7 amide bonds. The lowest BCUT2D eigenvalue weighted by molar-refractivity contribution is -0.168. The number of aliphatic hydroxyl groups is 1. The number of carbonyl (C=O) groups excluding carboxylic acids is 8. The first-order chi connectivity index (χ1) is 29.2. The van der Waals surface area contributed by atoms with Crippen LogP contribution in [0.5, 0.6) is 0 Å². The number of hydrogen-bond donors (Lipinski definition) is 6. The van der Waals surface area contributed by atoms with Gasteiger partial charge in [-0.15, -0.1) is 0 Å². The summed E-state index contributed by atoms with van der Waals surface area (Å²) < 4.78 is 5.90. The third-order valence-corrected chi connectivity index (χ3v) is 12.1. The van der Waals surface area contributed by atoms with Crippen molar-refractivity contribution in [3.8, 4) is 0 Å². The summed E-state index contributed by atoms with van der Waals surface area (Å²) in [6.07, 6.45) is -1.20. The van der Waals surface area contributed by atoms with Gasteiger partial charge in [-0.3, -0.25) is 33.6 Å². The molecule has 3 rings (SSSR count). The summed E-state index contributed by atoms with van der Waals surface area (Å²) in [5.41, 5.74) is 0.700. The molecule has 0 unspecified atom stereocenters. The van der Waals surface area contributed by atoms with Gasteiger partial charge < -0.3 is 46.2 Å². The van der Waals surface area contributed by atoms with Crippen molar-refractivity contribution < 1.29 is 48.2 Å². The quantitative estimate of drug-likeness (QED) is 0.158. The van der Waals surface area contributed by atoms with Crippen LogP contribution in [0.4, 0.5) is 0 Å². The fourth-order valence-corrected chi connectivity index (χ4v) is 7.75. The third kappa shape index (κ3) is 13.0. The van der Waals surface area contributed by atoms with Crippen LogP contribution in [0.25, 0.3) is 0 Å². The van der Waals surface area contributed by atoms with Crippen molar-refractivity contribution >= 4 is 47.3 Å². The molecule has 0 spiro atoms. The Labute approximate surface area is 366 Å². The van der Waals surface area contributed by atoms with Crippen molar-refractivity contribution in [2.75, 3.05) is 7.05 Å². The number of fused-ring (bicyclic) bond motifs is 2. The van der Waals surface area contributed by atoms with Gasteiger partial charge in [0.2, 0.25) is 41.4 Å². The molecule has 1 aromatic rings. The number of nitrogens with one attached hydrogen (secondary N) is 5. The van der Waals surface area contributed by atoms with Crippen LogP contribution >= 0.6 is 0 Å². The molecule has 346 valence electrons. The highest BCUT2D eigenvalue weighted by Crippen LogP contribution is 2.28. The number of piperidine rings is 1. The lowest BCUT2D eigenvalue weighted by Crippen LogP contribution is -2.66. The van der Waals surface area contributed by atoms with Crippen molar-refractivity contribution in [1.82, 2.24) is 36.4 Å². The van der Waals surface area contributed by atoms with Gasteiger partial charge in [-0.2, -0.15) is 0 Å². The first-order valence-corrected chi connectivity index (χ1v) is 22.2. The molecule has 6 N–H and O–H groups in total. The third-order valence-electron chi connectivity index (χ3n) is 12.1. The Balaban J connectivity index is 2.24. The number of esters is 1. The molecule has 17 heteroatoms. The average molecular weight is 870 g/mol. The molecule has 2 aliphatic rings. The molecule has 2 saturated heterocycles. The smallest absolute Gasteiger partial charge is 0.329 e. The summed E-state index contributed by atoms with van der Waals surface area (Å²) in [6.45, 7) is 17.1. The molecule has 11 atom stereocenters. The average Bonchev–Trinajstić information content (AvgIpc) is 3.22. The highest BCUT2D eigenvalue weighted by molar-refractivity contribution is 5.98. The summed E-state index contributed by atoms with van der Waals surface area (Å²) in [4.78, 5) is 115. The van der Waals surface area contributed by atoms with Crippen LogP contribution in [0.3, 0.4) is 0 Å². The van der Waals surface area contributed by atoms with Crippen LogP contribution < -0.4 is 26.6 Å². The standard InChI is InChI=1S/C45H71N7O10/c1-12-18-32(53)47-34(24(4)5)40(56)50-37-28(10)62-45(61)35(25(6)7)48-39(55)31(23-29-19-16-15-17-20-29)51(11)44(60)38(27(9)14-3)52-33(54)22-21-30(43(52)59)46-41(57)36(26(8)13-2)49-42(37)58/h15-17,19-20,24-28,30-31,33-38,54H,12-14,18,21-23H2,1-11H3,(H,46,57)(H,47,53)(H,48,55)(H,49,58)(H,50,56)/t26-,27+,28-,30-,31+,33-,34-,35+,36+,37+,38+/m1/s1. The molecule has 2 fully saturated rings. The van der Waals surface area contributed by atoms with E-state index in [1.54, 1.807) is 71.9 Å². The molecule has 0 saturated carbocycles.